The van der Waals surface area contributed by atoms with Gasteiger partial charge in [0.15, 0.2) is 6.20 Å². The molecule has 114 valence electrons. The number of benzene rings is 2. The minimum atomic E-state index is 1.30. The zero-order valence-corrected chi connectivity index (χ0v) is 14.3. The molecule has 0 amide bonds. The molecule has 0 N–H and O–H groups in total. The Kier molecular flexibility index (Phi) is 2.15. The van der Waals surface area contributed by atoms with E-state index in [9.17, 15) is 0 Å². The third-order valence-corrected chi connectivity index (χ3v) is 6.47. The number of para-hydroxylation sites is 1. The van der Waals surface area contributed by atoms with Gasteiger partial charge < -0.3 is 4.40 Å². The van der Waals surface area contributed by atoms with Crippen molar-refractivity contribution in [2.24, 2.45) is 7.05 Å². The first-order valence-electron chi connectivity index (χ1n) is 8.20. The fourth-order valence-corrected chi connectivity index (χ4v) is 5.51. The molecule has 0 unspecified atom stereocenters. The Bertz CT molecular complexity index is 1420. The first-order valence-corrected chi connectivity index (χ1v) is 9.02. The predicted octanol–water partition coefficient (Wildman–Crippen LogP) is 5.18. The number of aromatic nitrogens is 2. The van der Waals surface area contributed by atoms with Gasteiger partial charge in [0, 0.05) is 16.2 Å². The van der Waals surface area contributed by atoms with Gasteiger partial charge in [-0.1, -0.05) is 30.3 Å². The summed E-state index contributed by atoms with van der Waals surface area (Å²) in [5.74, 6) is 0. The largest absolute Gasteiger partial charge is 0.307 e. The maximum atomic E-state index is 2.47. The van der Waals surface area contributed by atoms with Crippen molar-refractivity contribution in [2.45, 2.75) is 6.92 Å². The van der Waals surface area contributed by atoms with E-state index in [1.54, 1.807) is 0 Å². The molecule has 2 nitrogen and oxygen atoms in total. The van der Waals surface area contributed by atoms with Crippen molar-refractivity contribution < 1.29 is 4.57 Å². The minimum absolute atomic E-state index is 1.30. The molecule has 4 heterocycles. The summed E-state index contributed by atoms with van der Waals surface area (Å²) in [6.45, 7) is 2.22. The van der Waals surface area contributed by atoms with Crippen LogP contribution in [0.3, 0.4) is 0 Å². The molecule has 0 spiro atoms. The Labute approximate surface area is 142 Å². The van der Waals surface area contributed by atoms with Gasteiger partial charge >= 0.3 is 0 Å². The number of hydrogen-bond acceptors (Lipinski definition) is 1. The van der Waals surface area contributed by atoms with Crippen LogP contribution in [0.5, 0.6) is 0 Å². The molecular formula is C21H15N2S+. The lowest BCUT2D eigenvalue weighted by Gasteiger charge is -2.09. The summed E-state index contributed by atoms with van der Waals surface area (Å²) < 4.78 is 7.53. The van der Waals surface area contributed by atoms with Crippen LogP contribution in [0.2, 0.25) is 0 Å². The molecule has 0 fully saturated rings. The van der Waals surface area contributed by atoms with Crippen LogP contribution in [-0.2, 0) is 7.05 Å². The van der Waals surface area contributed by atoms with Gasteiger partial charge in [-0.05, 0) is 24.6 Å². The minimum Gasteiger partial charge on any atom is -0.307 e. The van der Waals surface area contributed by atoms with Crippen molar-refractivity contribution in [1.29, 1.82) is 0 Å². The van der Waals surface area contributed by atoms with Crippen molar-refractivity contribution in [2.75, 3.05) is 0 Å². The van der Waals surface area contributed by atoms with Crippen LogP contribution in [0.4, 0.5) is 0 Å². The van der Waals surface area contributed by atoms with E-state index in [4.69, 9.17) is 0 Å². The summed E-state index contributed by atoms with van der Waals surface area (Å²) in [5.41, 5.74) is 6.67. The molecular weight excluding hydrogens is 312 g/mol. The van der Waals surface area contributed by atoms with Gasteiger partial charge in [-0.15, -0.1) is 11.3 Å². The van der Waals surface area contributed by atoms with E-state index in [0.717, 1.165) is 0 Å². The summed E-state index contributed by atoms with van der Waals surface area (Å²) in [7, 11) is 2.16. The summed E-state index contributed by atoms with van der Waals surface area (Å²) in [4.78, 5) is 0. The summed E-state index contributed by atoms with van der Waals surface area (Å²) in [5, 5.41) is 4.12. The molecule has 4 aromatic heterocycles. The molecule has 0 saturated carbocycles. The maximum absolute atomic E-state index is 2.47. The van der Waals surface area contributed by atoms with Crippen molar-refractivity contribution in [1.82, 2.24) is 4.40 Å². The van der Waals surface area contributed by atoms with Gasteiger partial charge in [-0.2, -0.15) is 0 Å². The number of thiophene rings is 1. The van der Waals surface area contributed by atoms with E-state index in [0.29, 0.717) is 0 Å². The topological polar surface area (TPSA) is 8.29 Å². The fourth-order valence-electron chi connectivity index (χ4n) is 4.29. The Morgan fingerprint density at radius 3 is 2.67 bits per heavy atom. The number of rotatable bonds is 0. The van der Waals surface area contributed by atoms with Crippen molar-refractivity contribution >= 4 is 59.0 Å². The first-order chi connectivity index (χ1) is 11.8. The molecule has 0 radical (unpaired) electrons. The number of hydrogen-bond donors (Lipinski definition) is 0. The van der Waals surface area contributed by atoms with Crippen LogP contribution >= 0.6 is 11.3 Å². The summed E-state index contributed by atoms with van der Waals surface area (Å²) in [6, 6.07) is 17.7. The quantitative estimate of drug-likeness (QED) is 0.268. The molecule has 0 atom stereocenters. The van der Waals surface area contributed by atoms with Gasteiger partial charge in [0.2, 0.25) is 5.52 Å². The molecule has 2 aromatic carbocycles. The van der Waals surface area contributed by atoms with Gasteiger partial charge in [-0.3, -0.25) is 0 Å². The molecule has 0 bridgehead atoms. The Hall–Kier alpha value is -2.65. The molecule has 6 rings (SSSR count). The lowest BCUT2D eigenvalue weighted by Crippen LogP contribution is -2.28. The third-order valence-electron chi connectivity index (χ3n) is 5.29. The molecule has 0 aliphatic rings. The lowest BCUT2D eigenvalue weighted by atomic mass is 10.0. The molecule has 0 aliphatic heterocycles. The van der Waals surface area contributed by atoms with Gasteiger partial charge in [0.05, 0.1) is 32.0 Å². The normalized spacial score (nSPS) is 12.6. The van der Waals surface area contributed by atoms with E-state index in [2.05, 4.69) is 77.7 Å². The molecule has 0 saturated heterocycles. The highest BCUT2D eigenvalue weighted by atomic mass is 32.1. The predicted molar refractivity (Wildman–Crippen MR) is 102 cm³/mol. The van der Waals surface area contributed by atoms with Gasteiger partial charge in [-0.25, -0.2) is 4.57 Å². The Morgan fingerprint density at radius 1 is 0.917 bits per heavy atom. The van der Waals surface area contributed by atoms with E-state index < -0.39 is 0 Å². The van der Waals surface area contributed by atoms with E-state index in [1.807, 2.05) is 11.3 Å². The molecule has 24 heavy (non-hydrogen) atoms. The number of fused-ring (bicyclic) bond motifs is 6. The highest BCUT2D eigenvalue weighted by Gasteiger charge is 2.25. The highest BCUT2D eigenvalue weighted by Crippen LogP contribution is 2.45. The van der Waals surface area contributed by atoms with E-state index in [1.165, 1.54) is 53.2 Å². The monoisotopic (exact) mass is 327 g/mol. The first kappa shape index (κ1) is 12.7. The van der Waals surface area contributed by atoms with E-state index >= 15 is 0 Å². The molecule has 3 heteroatoms. The van der Waals surface area contributed by atoms with Crippen LogP contribution in [0.25, 0.3) is 47.6 Å². The number of aryl methyl sites for hydroxylation is 2. The second-order valence-electron chi connectivity index (χ2n) is 6.62. The lowest BCUT2D eigenvalue weighted by molar-refractivity contribution is -0.643. The number of nitrogens with zero attached hydrogens (tertiary/aromatic N) is 2. The van der Waals surface area contributed by atoms with Crippen LogP contribution in [0, 0.1) is 6.92 Å². The van der Waals surface area contributed by atoms with Gasteiger partial charge in [0.25, 0.3) is 0 Å². The summed E-state index contributed by atoms with van der Waals surface area (Å²) in [6.07, 6.45) is 2.20. The second-order valence-corrected chi connectivity index (χ2v) is 7.67. The second kappa shape index (κ2) is 4.05. The SMILES string of the molecule is Cc1cccc2c1c1c3c(cc[n+]1C)sc1c4ccccc4n2c13. The van der Waals surface area contributed by atoms with Crippen molar-refractivity contribution in [3.8, 4) is 0 Å². The molecule has 0 aliphatic carbocycles. The third kappa shape index (κ3) is 1.28. The van der Waals surface area contributed by atoms with Gasteiger partial charge in [0.1, 0.15) is 7.05 Å². The zero-order valence-electron chi connectivity index (χ0n) is 13.5. The highest BCUT2D eigenvalue weighted by molar-refractivity contribution is 7.26. The fraction of sp³-hybridized carbons (Fsp3) is 0.0952. The average Bonchev–Trinajstić information content (AvgIpc) is 3.12. The molecule has 6 aromatic rings. The van der Waals surface area contributed by atoms with Crippen molar-refractivity contribution in [3.63, 3.8) is 0 Å². The zero-order chi connectivity index (χ0) is 16.0. The average molecular weight is 327 g/mol. The van der Waals surface area contributed by atoms with E-state index in [-0.39, 0.29) is 0 Å². The standard InChI is InChI=1S/C21H15N2S/c1-12-6-5-9-15-17(12)19-18-16(10-11-22(19)2)24-21-13-7-3-4-8-14(13)23(15)20(18)21/h3-11H,1-2H3/q+1. The Morgan fingerprint density at radius 2 is 1.75 bits per heavy atom. The van der Waals surface area contributed by atoms with Crippen LogP contribution in [0.15, 0.2) is 54.7 Å². The van der Waals surface area contributed by atoms with Crippen LogP contribution in [0.1, 0.15) is 5.56 Å². The maximum Gasteiger partial charge on any atom is 0.225 e. The van der Waals surface area contributed by atoms with Crippen LogP contribution < -0.4 is 4.57 Å². The van der Waals surface area contributed by atoms with Crippen LogP contribution in [-0.4, -0.2) is 4.40 Å². The summed E-state index contributed by atoms with van der Waals surface area (Å²) >= 11 is 1.92. The Balaban J connectivity index is 2.18. The smallest absolute Gasteiger partial charge is 0.225 e. The van der Waals surface area contributed by atoms with Crippen molar-refractivity contribution in [3.05, 3.63) is 60.3 Å². The number of pyridine rings is 2.